The van der Waals surface area contributed by atoms with Gasteiger partial charge in [0.2, 0.25) is 0 Å². The van der Waals surface area contributed by atoms with Crippen molar-refractivity contribution in [2.45, 2.75) is 19.4 Å². The van der Waals surface area contributed by atoms with Crippen LogP contribution < -0.4 is 10.1 Å². The van der Waals surface area contributed by atoms with E-state index in [0.29, 0.717) is 41.9 Å². The van der Waals surface area contributed by atoms with E-state index in [2.05, 4.69) is 5.32 Å². The SMILES string of the molecule is CC1(C)CN(C(=O)Nc2cc(Cl)ccc2Oc2ccccc2)CCO1. The van der Waals surface area contributed by atoms with Crippen LogP contribution in [0.2, 0.25) is 5.02 Å². The number of halogens is 1. The van der Waals surface area contributed by atoms with Crippen LogP contribution >= 0.6 is 11.6 Å². The van der Waals surface area contributed by atoms with E-state index < -0.39 is 0 Å². The third kappa shape index (κ3) is 4.65. The van der Waals surface area contributed by atoms with Crippen LogP contribution in [-0.2, 0) is 4.74 Å². The Labute approximate surface area is 152 Å². The van der Waals surface area contributed by atoms with Crippen molar-refractivity contribution in [3.63, 3.8) is 0 Å². The maximum absolute atomic E-state index is 12.6. The van der Waals surface area contributed by atoms with E-state index in [1.807, 2.05) is 44.2 Å². The Bertz CT molecular complexity index is 750. The summed E-state index contributed by atoms with van der Waals surface area (Å²) in [5, 5.41) is 3.43. The van der Waals surface area contributed by atoms with E-state index >= 15 is 0 Å². The lowest BCUT2D eigenvalue weighted by molar-refractivity contribution is -0.0720. The quantitative estimate of drug-likeness (QED) is 0.857. The van der Waals surface area contributed by atoms with Crippen LogP contribution in [0.15, 0.2) is 48.5 Å². The van der Waals surface area contributed by atoms with E-state index in [9.17, 15) is 4.79 Å². The summed E-state index contributed by atoms with van der Waals surface area (Å²) in [6.07, 6.45) is 0. The zero-order valence-corrected chi connectivity index (χ0v) is 15.0. The molecule has 5 nitrogen and oxygen atoms in total. The summed E-state index contributed by atoms with van der Waals surface area (Å²) in [7, 11) is 0. The third-order valence-corrected chi connectivity index (χ3v) is 4.10. The number of nitrogens with one attached hydrogen (secondary N) is 1. The van der Waals surface area contributed by atoms with Crippen LogP contribution in [0.4, 0.5) is 10.5 Å². The number of hydrogen-bond acceptors (Lipinski definition) is 3. The molecule has 2 aromatic rings. The van der Waals surface area contributed by atoms with E-state index in [0.717, 1.165) is 0 Å². The maximum atomic E-state index is 12.6. The minimum absolute atomic E-state index is 0.198. The van der Waals surface area contributed by atoms with Gasteiger partial charge in [0.25, 0.3) is 0 Å². The number of urea groups is 1. The zero-order valence-electron chi connectivity index (χ0n) is 14.3. The molecule has 1 fully saturated rings. The van der Waals surface area contributed by atoms with E-state index in [-0.39, 0.29) is 11.6 Å². The Morgan fingerprint density at radius 1 is 1.24 bits per heavy atom. The Hall–Kier alpha value is -2.24. The van der Waals surface area contributed by atoms with Gasteiger partial charge in [-0.15, -0.1) is 0 Å². The van der Waals surface area contributed by atoms with Crippen LogP contribution in [0.5, 0.6) is 11.5 Å². The smallest absolute Gasteiger partial charge is 0.322 e. The summed E-state index contributed by atoms with van der Waals surface area (Å²) in [5.74, 6) is 1.23. The number of anilines is 1. The number of rotatable bonds is 3. The predicted octanol–water partition coefficient (Wildman–Crippen LogP) is 4.78. The molecule has 0 saturated carbocycles. The van der Waals surface area contributed by atoms with Crippen molar-refractivity contribution < 1.29 is 14.3 Å². The Kier molecular flexibility index (Phi) is 5.16. The molecule has 6 heteroatoms. The summed E-state index contributed by atoms with van der Waals surface area (Å²) in [5.41, 5.74) is 0.179. The van der Waals surface area contributed by atoms with E-state index in [1.165, 1.54) is 0 Å². The molecule has 2 amide bonds. The molecule has 0 aromatic heterocycles. The molecule has 0 bridgehead atoms. The lowest BCUT2D eigenvalue weighted by atomic mass is 10.1. The van der Waals surface area contributed by atoms with Crippen LogP contribution in [0.1, 0.15) is 13.8 Å². The molecule has 25 heavy (non-hydrogen) atoms. The average molecular weight is 361 g/mol. The molecule has 1 heterocycles. The first-order valence-corrected chi connectivity index (χ1v) is 8.53. The van der Waals surface area contributed by atoms with E-state index in [4.69, 9.17) is 21.1 Å². The number of ether oxygens (including phenoxy) is 2. The first kappa shape index (κ1) is 17.6. The molecule has 3 rings (SSSR count). The fraction of sp³-hybridized carbons (Fsp3) is 0.316. The highest BCUT2D eigenvalue weighted by atomic mass is 35.5. The highest BCUT2D eigenvalue weighted by molar-refractivity contribution is 6.31. The van der Waals surface area contributed by atoms with Crippen LogP contribution in [0.25, 0.3) is 0 Å². The number of hydrogen-bond donors (Lipinski definition) is 1. The van der Waals surface area contributed by atoms with E-state index in [1.54, 1.807) is 23.1 Å². The molecule has 0 atom stereocenters. The van der Waals surface area contributed by atoms with Gasteiger partial charge in [-0.25, -0.2) is 4.79 Å². The Balaban J connectivity index is 1.77. The maximum Gasteiger partial charge on any atom is 0.322 e. The molecule has 0 aliphatic carbocycles. The van der Waals surface area contributed by atoms with Crippen molar-refractivity contribution in [3.05, 3.63) is 53.6 Å². The van der Waals surface area contributed by atoms with Crippen molar-refractivity contribution in [1.82, 2.24) is 4.90 Å². The molecule has 1 saturated heterocycles. The molecule has 1 aliphatic rings. The second-order valence-corrected chi connectivity index (χ2v) is 6.95. The van der Waals surface area contributed by atoms with Gasteiger partial charge in [-0.05, 0) is 44.2 Å². The molecule has 1 aliphatic heterocycles. The lowest BCUT2D eigenvalue weighted by Crippen LogP contribution is -2.51. The normalized spacial score (nSPS) is 16.4. The standard InChI is InChI=1S/C19H21ClN2O3/c1-19(2)13-22(10-11-24-19)18(23)21-16-12-14(20)8-9-17(16)25-15-6-4-3-5-7-15/h3-9,12H,10-11,13H2,1-2H3,(H,21,23). The first-order chi connectivity index (χ1) is 11.9. The summed E-state index contributed by atoms with van der Waals surface area (Å²) in [6.45, 7) is 5.52. The van der Waals surface area contributed by atoms with Gasteiger partial charge >= 0.3 is 6.03 Å². The number of carbonyl (C=O) groups is 1. The molecule has 0 spiro atoms. The zero-order chi connectivity index (χ0) is 17.9. The molecule has 1 N–H and O–H groups in total. The monoisotopic (exact) mass is 360 g/mol. The molecule has 132 valence electrons. The number of benzene rings is 2. The summed E-state index contributed by atoms with van der Waals surface area (Å²) >= 11 is 6.09. The van der Waals surface area contributed by atoms with Crippen molar-refractivity contribution in [2.75, 3.05) is 25.0 Å². The van der Waals surface area contributed by atoms with Crippen LogP contribution in [0.3, 0.4) is 0 Å². The number of carbonyl (C=O) groups excluding carboxylic acids is 1. The number of morpholine rings is 1. The molecule has 2 aromatic carbocycles. The summed E-state index contributed by atoms with van der Waals surface area (Å²) < 4.78 is 11.5. The molecule has 0 radical (unpaired) electrons. The van der Waals surface area contributed by atoms with Crippen molar-refractivity contribution in [1.29, 1.82) is 0 Å². The highest BCUT2D eigenvalue weighted by Gasteiger charge is 2.30. The average Bonchev–Trinajstić information content (AvgIpc) is 2.57. The van der Waals surface area contributed by atoms with Crippen LogP contribution in [0, 0.1) is 0 Å². The van der Waals surface area contributed by atoms with Crippen molar-refractivity contribution >= 4 is 23.3 Å². The van der Waals surface area contributed by atoms with Crippen molar-refractivity contribution in [2.24, 2.45) is 0 Å². The predicted molar refractivity (Wildman–Crippen MR) is 98.6 cm³/mol. The molecular formula is C19H21ClN2O3. The second kappa shape index (κ2) is 7.33. The Morgan fingerprint density at radius 3 is 2.72 bits per heavy atom. The van der Waals surface area contributed by atoms with Gasteiger partial charge in [0.05, 0.1) is 24.4 Å². The summed E-state index contributed by atoms with van der Waals surface area (Å²) in [6, 6.07) is 14.4. The largest absolute Gasteiger partial charge is 0.455 e. The van der Waals surface area contributed by atoms with Gasteiger partial charge in [0.15, 0.2) is 5.75 Å². The first-order valence-electron chi connectivity index (χ1n) is 8.15. The van der Waals surface area contributed by atoms with Crippen LogP contribution in [-0.4, -0.2) is 36.2 Å². The summed E-state index contributed by atoms with van der Waals surface area (Å²) in [4.78, 5) is 14.4. The number of amides is 2. The third-order valence-electron chi connectivity index (χ3n) is 3.87. The van der Waals surface area contributed by atoms with Gasteiger partial charge in [-0.2, -0.15) is 0 Å². The molecule has 0 unspecified atom stereocenters. The number of nitrogens with zero attached hydrogens (tertiary/aromatic N) is 1. The topological polar surface area (TPSA) is 50.8 Å². The minimum Gasteiger partial charge on any atom is -0.455 e. The highest BCUT2D eigenvalue weighted by Crippen LogP contribution is 2.32. The Morgan fingerprint density at radius 2 is 2.00 bits per heavy atom. The second-order valence-electron chi connectivity index (χ2n) is 6.52. The van der Waals surface area contributed by atoms with Gasteiger partial charge in [0, 0.05) is 11.6 Å². The minimum atomic E-state index is -0.354. The van der Waals surface area contributed by atoms with Gasteiger partial charge < -0.3 is 19.7 Å². The van der Waals surface area contributed by atoms with Crippen molar-refractivity contribution in [3.8, 4) is 11.5 Å². The van der Waals surface area contributed by atoms with Gasteiger partial charge in [-0.3, -0.25) is 0 Å². The fourth-order valence-electron chi connectivity index (χ4n) is 2.69. The number of para-hydroxylation sites is 1. The van der Waals surface area contributed by atoms with Gasteiger partial charge in [-0.1, -0.05) is 29.8 Å². The van der Waals surface area contributed by atoms with Gasteiger partial charge in [0.1, 0.15) is 5.75 Å². The lowest BCUT2D eigenvalue weighted by Gasteiger charge is -2.38. The molecular weight excluding hydrogens is 340 g/mol. The fourth-order valence-corrected chi connectivity index (χ4v) is 2.86.